The molecule has 1 atom stereocenters. The third-order valence-corrected chi connectivity index (χ3v) is 2.98. The summed E-state index contributed by atoms with van der Waals surface area (Å²) < 4.78 is 0. The average molecular weight is 245 g/mol. The predicted octanol–water partition coefficient (Wildman–Crippen LogP) is 2.59. The number of carbonyl (C=O) groups excluding carboxylic acids is 1. The van der Waals surface area contributed by atoms with E-state index in [-0.39, 0.29) is 11.8 Å². The van der Waals surface area contributed by atoms with Crippen LogP contribution in [0.15, 0.2) is 34.5 Å². The number of carbonyl (C=O) groups is 1. The molecule has 0 aliphatic carbocycles. The molecule has 0 radical (unpaired) electrons. The highest BCUT2D eigenvalue weighted by molar-refractivity contribution is 5.99. The molecule has 0 fully saturated rings. The largest absolute Gasteiger partial charge is 0.302 e. The van der Waals surface area contributed by atoms with Gasteiger partial charge in [-0.15, -0.1) is 5.10 Å². The Kier molecular flexibility index (Phi) is 4.77. The average Bonchev–Trinajstić information content (AvgIpc) is 2.37. The van der Waals surface area contributed by atoms with Gasteiger partial charge >= 0.3 is 0 Å². The topological polar surface area (TPSA) is 45.0 Å². The van der Waals surface area contributed by atoms with Crippen LogP contribution in [0.4, 0.5) is 0 Å². The molecule has 1 aromatic rings. The van der Waals surface area contributed by atoms with Crippen LogP contribution in [0.3, 0.4) is 0 Å². The predicted molar refractivity (Wildman–Crippen MR) is 75.0 cm³/mol. The fourth-order valence-electron chi connectivity index (χ4n) is 1.62. The molecule has 1 amide bonds. The Hall–Kier alpha value is -1.97. The number of amides is 1. The van der Waals surface area contributed by atoms with E-state index in [9.17, 15) is 4.79 Å². The normalized spacial score (nSPS) is 13.0. The zero-order valence-corrected chi connectivity index (χ0v) is 11.3. The summed E-state index contributed by atoms with van der Waals surface area (Å²) >= 11 is 0. The molecule has 1 rings (SSSR count). The number of aryl methyl sites for hydroxylation is 1. The second-order valence-corrected chi connectivity index (χ2v) is 4.32. The molecule has 18 heavy (non-hydrogen) atoms. The van der Waals surface area contributed by atoms with E-state index in [2.05, 4.69) is 16.9 Å². The molecule has 0 saturated carbocycles. The molecule has 4 heteroatoms. The van der Waals surface area contributed by atoms with E-state index < -0.39 is 0 Å². The Balaban J connectivity index is 2.87. The Labute approximate surface area is 108 Å². The third-order valence-electron chi connectivity index (χ3n) is 2.98. The van der Waals surface area contributed by atoms with Gasteiger partial charge in [-0.1, -0.05) is 29.8 Å². The molecule has 4 nitrogen and oxygen atoms in total. The number of hydrogen-bond donors (Lipinski definition) is 0. The quantitative estimate of drug-likeness (QED) is 0.458. The first kappa shape index (κ1) is 14.1. The minimum absolute atomic E-state index is 0.0104. The summed E-state index contributed by atoms with van der Waals surface area (Å²) in [5.74, 6) is 0.322. The Morgan fingerprint density at radius 1 is 1.33 bits per heavy atom. The van der Waals surface area contributed by atoms with Crippen molar-refractivity contribution in [2.45, 2.75) is 26.7 Å². The van der Waals surface area contributed by atoms with Crippen molar-refractivity contribution in [1.82, 2.24) is 4.90 Å². The van der Waals surface area contributed by atoms with Gasteiger partial charge in [0.15, 0.2) is 0 Å². The first-order valence-electron chi connectivity index (χ1n) is 5.81. The van der Waals surface area contributed by atoms with Crippen LogP contribution in [0.2, 0.25) is 0 Å². The highest BCUT2D eigenvalue weighted by Gasteiger charge is 2.20. The molecule has 1 aromatic carbocycles. The van der Waals surface area contributed by atoms with E-state index in [4.69, 9.17) is 0 Å². The first-order chi connectivity index (χ1) is 8.47. The van der Waals surface area contributed by atoms with E-state index in [1.54, 1.807) is 14.0 Å². The van der Waals surface area contributed by atoms with Crippen LogP contribution in [0.25, 0.3) is 0 Å². The van der Waals surface area contributed by atoms with Gasteiger partial charge in [-0.25, -0.2) is 0 Å². The summed E-state index contributed by atoms with van der Waals surface area (Å²) in [4.78, 5) is 13.7. The van der Waals surface area contributed by atoms with Crippen LogP contribution < -0.4 is 0 Å². The smallest absolute Gasteiger partial charge is 0.234 e. The van der Waals surface area contributed by atoms with Crippen LogP contribution >= 0.6 is 0 Å². The van der Waals surface area contributed by atoms with Crippen molar-refractivity contribution in [2.24, 2.45) is 10.2 Å². The zero-order chi connectivity index (χ0) is 13.7. The van der Waals surface area contributed by atoms with Crippen molar-refractivity contribution in [3.05, 3.63) is 35.4 Å². The van der Waals surface area contributed by atoms with Crippen molar-refractivity contribution in [3.8, 4) is 0 Å². The van der Waals surface area contributed by atoms with Crippen molar-refractivity contribution in [2.75, 3.05) is 7.05 Å². The lowest BCUT2D eigenvalue weighted by atomic mass is 9.99. The van der Waals surface area contributed by atoms with E-state index in [1.165, 1.54) is 10.5 Å². The van der Waals surface area contributed by atoms with Crippen LogP contribution in [0.1, 0.15) is 30.9 Å². The number of hydrogen-bond acceptors (Lipinski definition) is 3. The van der Waals surface area contributed by atoms with Crippen molar-refractivity contribution < 1.29 is 4.79 Å². The second-order valence-electron chi connectivity index (χ2n) is 4.32. The Morgan fingerprint density at radius 2 is 1.89 bits per heavy atom. The summed E-state index contributed by atoms with van der Waals surface area (Å²) in [7, 11) is 1.69. The minimum atomic E-state index is -0.203. The fourth-order valence-corrected chi connectivity index (χ4v) is 1.62. The molecule has 0 heterocycles. The Morgan fingerprint density at radius 3 is 2.39 bits per heavy atom. The number of benzene rings is 1. The molecule has 1 unspecified atom stereocenters. The number of amidine groups is 1. The first-order valence-corrected chi connectivity index (χ1v) is 5.81. The molecule has 96 valence electrons. The molecule has 0 aliphatic rings. The molecule has 0 bridgehead atoms. The van der Waals surface area contributed by atoms with Gasteiger partial charge < -0.3 is 4.90 Å². The highest BCUT2D eigenvalue weighted by Crippen LogP contribution is 2.18. The van der Waals surface area contributed by atoms with Crippen LogP contribution in [-0.4, -0.2) is 30.4 Å². The molecule has 0 saturated heterocycles. The summed E-state index contributed by atoms with van der Waals surface area (Å²) in [6.07, 6.45) is 0. The van der Waals surface area contributed by atoms with E-state index in [0.29, 0.717) is 5.84 Å². The maximum Gasteiger partial charge on any atom is 0.234 e. The van der Waals surface area contributed by atoms with Gasteiger partial charge in [0, 0.05) is 13.8 Å². The molecular formula is C14H19N3O. The molecular weight excluding hydrogens is 226 g/mol. The maximum absolute atomic E-state index is 12.2. The standard InChI is InChI=1S/C14H19N3O/c1-10-6-8-13(9-7-10)11(2)14(18)17(5)12(3)16-15-4/h6-9,11H,4H2,1-3,5H3/b16-12+. The number of rotatable bonds is 3. The van der Waals surface area contributed by atoms with E-state index in [0.717, 1.165) is 5.56 Å². The van der Waals surface area contributed by atoms with Gasteiger partial charge in [0.2, 0.25) is 5.91 Å². The van der Waals surface area contributed by atoms with Crippen LogP contribution in [-0.2, 0) is 4.79 Å². The summed E-state index contributed by atoms with van der Waals surface area (Å²) in [6, 6.07) is 7.96. The lowest BCUT2D eigenvalue weighted by molar-refractivity contribution is -0.127. The second kappa shape index (κ2) is 6.10. The minimum Gasteiger partial charge on any atom is -0.302 e. The van der Waals surface area contributed by atoms with Gasteiger partial charge in [0.1, 0.15) is 5.84 Å². The SMILES string of the molecule is C=N/N=C(\C)N(C)C(=O)C(C)c1ccc(C)cc1. The molecule has 0 spiro atoms. The van der Waals surface area contributed by atoms with E-state index in [1.807, 2.05) is 38.1 Å². The Bertz CT molecular complexity index is 462. The summed E-state index contributed by atoms with van der Waals surface area (Å²) in [5.41, 5.74) is 2.18. The fraction of sp³-hybridized carbons (Fsp3) is 0.357. The maximum atomic E-state index is 12.2. The lowest BCUT2D eigenvalue weighted by Gasteiger charge is -2.20. The van der Waals surface area contributed by atoms with Gasteiger partial charge in [-0.3, -0.25) is 4.79 Å². The van der Waals surface area contributed by atoms with Gasteiger partial charge in [-0.2, -0.15) is 5.10 Å². The van der Waals surface area contributed by atoms with Gasteiger partial charge in [0.25, 0.3) is 0 Å². The van der Waals surface area contributed by atoms with Gasteiger partial charge in [0.05, 0.1) is 5.92 Å². The monoisotopic (exact) mass is 245 g/mol. The van der Waals surface area contributed by atoms with Gasteiger partial charge in [-0.05, 0) is 26.3 Å². The van der Waals surface area contributed by atoms with Crippen molar-refractivity contribution in [1.29, 1.82) is 0 Å². The third kappa shape index (κ3) is 3.26. The molecule has 0 N–H and O–H groups in total. The van der Waals surface area contributed by atoms with Crippen molar-refractivity contribution >= 4 is 18.5 Å². The molecule has 0 aliphatic heterocycles. The lowest BCUT2D eigenvalue weighted by Crippen LogP contribution is -2.34. The molecule has 0 aromatic heterocycles. The number of nitrogens with zero attached hydrogens (tertiary/aromatic N) is 3. The van der Waals surface area contributed by atoms with Crippen molar-refractivity contribution in [3.63, 3.8) is 0 Å². The zero-order valence-electron chi connectivity index (χ0n) is 11.3. The van der Waals surface area contributed by atoms with Crippen LogP contribution in [0, 0.1) is 6.92 Å². The van der Waals surface area contributed by atoms with Crippen LogP contribution in [0.5, 0.6) is 0 Å². The van der Waals surface area contributed by atoms with E-state index >= 15 is 0 Å². The highest BCUT2D eigenvalue weighted by atomic mass is 16.2. The summed E-state index contributed by atoms with van der Waals surface area (Å²) in [5, 5.41) is 7.20. The summed E-state index contributed by atoms with van der Waals surface area (Å²) in [6.45, 7) is 8.92. The number of likely N-dealkylation sites (N-methyl/N-ethyl adjacent to an activating group) is 1.